The molecule has 0 saturated carbocycles. The number of thiophene rings is 1. The minimum absolute atomic E-state index is 0.711. The molecule has 1 aliphatic rings. The number of rotatable bonds is 4. The molecule has 0 atom stereocenters. The third-order valence-corrected chi connectivity index (χ3v) is 4.80. The van der Waals surface area contributed by atoms with Crippen LogP contribution in [0.25, 0.3) is 10.7 Å². The first-order valence-electron chi connectivity index (χ1n) is 7.49. The number of aryl methyl sites for hydroxylation is 1. The molecule has 3 heterocycles. The van der Waals surface area contributed by atoms with Crippen molar-refractivity contribution in [3.05, 3.63) is 22.9 Å². The molecule has 0 spiro atoms. The smallest absolute Gasteiger partial charge is 0.226 e. The molecule has 0 bridgehead atoms. The van der Waals surface area contributed by atoms with Crippen molar-refractivity contribution in [1.82, 2.24) is 15.0 Å². The van der Waals surface area contributed by atoms with Crippen molar-refractivity contribution in [3.8, 4) is 10.7 Å². The lowest BCUT2D eigenvalue weighted by molar-refractivity contribution is 0.279. The predicted molar refractivity (Wildman–Crippen MR) is 80.7 cm³/mol. The van der Waals surface area contributed by atoms with Crippen LogP contribution in [0.3, 0.4) is 0 Å². The summed E-state index contributed by atoms with van der Waals surface area (Å²) in [4.78, 5) is 9.46. The topological polar surface area (TPSA) is 42.2 Å². The normalized spacial score (nSPS) is 17.2. The van der Waals surface area contributed by atoms with Gasteiger partial charge in [-0.1, -0.05) is 24.9 Å². The molecule has 2 aromatic heterocycles. The molecule has 0 N–H and O–H groups in total. The van der Waals surface area contributed by atoms with E-state index in [1.165, 1.54) is 43.6 Å². The van der Waals surface area contributed by atoms with Crippen molar-refractivity contribution >= 4 is 11.3 Å². The molecule has 0 unspecified atom stereocenters. The van der Waals surface area contributed by atoms with Crippen molar-refractivity contribution in [2.45, 2.75) is 45.6 Å². The summed E-state index contributed by atoms with van der Waals surface area (Å²) in [5.41, 5.74) is 0. The van der Waals surface area contributed by atoms with Gasteiger partial charge in [0.1, 0.15) is 0 Å². The van der Waals surface area contributed by atoms with E-state index in [2.05, 4.69) is 27.2 Å². The van der Waals surface area contributed by atoms with Crippen LogP contribution in [0.1, 0.15) is 43.4 Å². The number of hydrogen-bond acceptors (Lipinski definition) is 5. The molecule has 1 aliphatic heterocycles. The SMILES string of the molecule is CCc1nc(-c2ccc(CN3CCCCCC3)s2)no1. The molecule has 0 aromatic carbocycles. The lowest BCUT2D eigenvalue weighted by atomic mass is 10.2. The van der Waals surface area contributed by atoms with E-state index >= 15 is 0 Å². The van der Waals surface area contributed by atoms with E-state index < -0.39 is 0 Å². The Labute approximate surface area is 123 Å². The van der Waals surface area contributed by atoms with Gasteiger partial charge in [0.25, 0.3) is 0 Å². The van der Waals surface area contributed by atoms with Crippen molar-refractivity contribution in [2.75, 3.05) is 13.1 Å². The third kappa shape index (κ3) is 3.27. The minimum atomic E-state index is 0.711. The van der Waals surface area contributed by atoms with Crippen molar-refractivity contribution in [3.63, 3.8) is 0 Å². The minimum Gasteiger partial charge on any atom is -0.339 e. The lowest BCUT2D eigenvalue weighted by Crippen LogP contribution is -2.23. The number of likely N-dealkylation sites (tertiary alicyclic amines) is 1. The standard InChI is InChI=1S/C15H21N3OS/c1-2-14-16-15(17-19-14)13-8-7-12(20-13)11-18-9-5-3-4-6-10-18/h7-8H,2-6,9-11H2,1H3. The summed E-state index contributed by atoms with van der Waals surface area (Å²) in [5.74, 6) is 1.44. The molecule has 5 heteroatoms. The highest BCUT2D eigenvalue weighted by atomic mass is 32.1. The number of hydrogen-bond donors (Lipinski definition) is 0. The van der Waals surface area contributed by atoms with E-state index in [1.54, 1.807) is 11.3 Å². The Bertz CT molecular complexity index is 541. The zero-order valence-electron chi connectivity index (χ0n) is 12.0. The molecule has 0 amide bonds. The second-order valence-corrected chi connectivity index (χ2v) is 6.49. The van der Waals surface area contributed by atoms with Gasteiger partial charge in [0.15, 0.2) is 0 Å². The Morgan fingerprint density at radius 2 is 2.00 bits per heavy atom. The van der Waals surface area contributed by atoms with Crippen LogP contribution >= 0.6 is 11.3 Å². The summed E-state index contributed by atoms with van der Waals surface area (Å²) >= 11 is 1.78. The summed E-state index contributed by atoms with van der Waals surface area (Å²) < 4.78 is 5.18. The summed E-state index contributed by atoms with van der Waals surface area (Å²) in [5, 5.41) is 4.04. The molecule has 1 fully saturated rings. The molecular formula is C15H21N3OS. The van der Waals surface area contributed by atoms with Crippen LogP contribution in [-0.4, -0.2) is 28.1 Å². The zero-order valence-corrected chi connectivity index (χ0v) is 12.8. The first kappa shape index (κ1) is 13.8. The Balaban J connectivity index is 1.66. The maximum absolute atomic E-state index is 5.18. The van der Waals surface area contributed by atoms with Gasteiger partial charge in [-0.25, -0.2) is 0 Å². The molecule has 0 radical (unpaired) electrons. The van der Waals surface area contributed by atoms with Crippen LogP contribution in [0.4, 0.5) is 0 Å². The number of aromatic nitrogens is 2. The molecule has 3 rings (SSSR count). The molecular weight excluding hydrogens is 270 g/mol. The van der Waals surface area contributed by atoms with Crippen molar-refractivity contribution in [1.29, 1.82) is 0 Å². The molecule has 20 heavy (non-hydrogen) atoms. The van der Waals surface area contributed by atoms with Gasteiger partial charge in [-0.3, -0.25) is 4.90 Å². The average molecular weight is 291 g/mol. The second-order valence-electron chi connectivity index (χ2n) is 5.32. The fourth-order valence-corrected chi connectivity index (χ4v) is 3.57. The van der Waals surface area contributed by atoms with E-state index in [1.807, 2.05) is 6.92 Å². The largest absolute Gasteiger partial charge is 0.339 e. The predicted octanol–water partition coefficient (Wildman–Crippen LogP) is 3.74. The molecule has 4 nitrogen and oxygen atoms in total. The van der Waals surface area contributed by atoms with E-state index in [0.29, 0.717) is 5.89 Å². The van der Waals surface area contributed by atoms with Gasteiger partial charge in [-0.2, -0.15) is 4.98 Å². The summed E-state index contributed by atoms with van der Waals surface area (Å²) in [7, 11) is 0. The van der Waals surface area contributed by atoms with Gasteiger partial charge in [-0.15, -0.1) is 11.3 Å². The van der Waals surface area contributed by atoms with Crippen LogP contribution in [0.15, 0.2) is 16.7 Å². The van der Waals surface area contributed by atoms with E-state index in [4.69, 9.17) is 4.52 Å². The van der Waals surface area contributed by atoms with Crippen LogP contribution in [0.5, 0.6) is 0 Å². The molecule has 108 valence electrons. The highest BCUT2D eigenvalue weighted by molar-refractivity contribution is 7.15. The summed E-state index contributed by atoms with van der Waals surface area (Å²) in [6.45, 7) is 5.55. The van der Waals surface area contributed by atoms with Gasteiger partial charge in [0.2, 0.25) is 11.7 Å². The van der Waals surface area contributed by atoms with E-state index in [9.17, 15) is 0 Å². The average Bonchev–Trinajstić information content (AvgIpc) is 3.04. The monoisotopic (exact) mass is 291 g/mol. The Hall–Kier alpha value is -1.20. The Kier molecular flexibility index (Phi) is 4.47. The summed E-state index contributed by atoms with van der Waals surface area (Å²) in [6.07, 6.45) is 6.23. The molecule has 1 saturated heterocycles. The van der Waals surface area contributed by atoms with Gasteiger partial charge >= 0.3 is 0 Å². The highest BCUT2D eigenvalue weighted by Gasteiger charge is 2.13. The van der Waals surface area contributed by atoms with Crippen LogP contribution in [0.2, 0.25) is 0 Å². The lowest BCUT2D eigenvalue weighted by Gasteiger charge is -2.18. The maximum Gasteiger partial charge on any atom is 0.226 e. The van der Waals surface area contributed by atoms with E-state index in [0.717, 1.165) is 23.7 Å². The summed E-state index contributed by atoms with van der Waals surface area (Å²) in [6, 6.07) is 4.31. The van der Waals surface area contributed by atoms with Crippen molar-refractivity contribution in [2.24, 2.45) is 0 Å². The fourth-order valence-electron chi connectivity index (χ4n) is 2.60. The number of nitrogens with zero attached hydrogens (tertiary/aromatic N) is 3. The Morgan fingerprint density at radius 3 is 2.70 bits per heavy atom. The zero-order chi connectivity index (χ0) is 13.8. The highest BCUT2D eigenvalue weighted by Crippen LogP contribution is 2.27. The van der Waals surface area contributed by atoms with Gasteiger partial charge in [0.05, 0.1) is 4.88 Å². The first-order chi connectivity index (χ1) is 9.85. The third-order valence-electron chi connectivity index (χ3n) is 3.73. The van der Waals surface area contributed by atoms with Gasteiger partial charge in [0, 0.05) is 17.8 Å². The van der Waals surface area contributed by atoms with Crippen LogP contribution < -0.4 is 0 Å². The maximum atomic E-state index is 5.18. The van der Waals surface area contributed by atoms with E-state index in [-0.39, 0.29) is 0 Å². The van der Waals surface area contributed by atoms with Crippen LogP contribution in [0, 0.1) is 0 Å². The van der Waals surface area contributed by atoms with Crippen molar-refractivity contribution < 1.29 is 4.52 Å². The quantitative estimate of drug-likeness (QED) is 0.860. The van der Waals surface area contributed by atoms with Gasteiger partial charge < -0.3 is 4.52 Å². The fraction of sp³-hybridized carbons (Fsp3) is 0.600. The molecule has 2 aromatic rings. The second kappa shape index (κ2) is 6.50. The van der Waals surface area contributed by atoms with Gasteiger partial charge in [-0.05, 0) is 38.1 Å². The molecule has 0 aliphatic carbocycles. The first-order valence-corrected chi connectivity index (χ1v) is 8.31. The van der Waals surface area contributed by atoms with Crippen LogP contribution in [-0.2, 0) is 13.0 Å². The Morgan fingerprint density at radius 1 is 1.20 bits per heavy atom.